The highest BCUT2D eigenvalue weighted by atomic mass is 16.5. The summed E-state index contributed by atoms with van der Waals surface area (Å²) in [5.74, 6) is 0.586. The number of piperazine rings is 1. The van der Waals surface area contributed by atoms with Crippen LogP contribution in [0.3, 0.4) is 0 Å². The third-order valence-corrected chi connectivity index (χ3v) is 4.81. The molecule has 2 aliphatic rings. The summed E-state index contributed by atoms with van der Waals surface area (Å²) in [7, 11) is 0. The van der Waals surface area contributed by atoms with Gasteiger partial charge in [-0.2, -0.15) is 0 Å². The number of aromatic nitrogens is 2. The number of para-hydroxylation sites is 1. The zero-order chi connectivity index (χ0) is 17.8. The molecular formula is C19H23N5O2. The molecule has 7 nitrogen and oxygen atoms in total. The molecule has 1 aromatic heterocycles. The van der Waals surface area contributed by atoms with Crippen molar-refractivity contribution >= 4 is 23.2 Å². The van der Waals surface area contributed by atoms with Crippen LogP contribution in [0.4, 0.5) is 17.3 Å². The Bertz CT molecular complexity index is 723. The molecule has 4 rings (SSSR count). The van der Waals surface area contributed by atoms with Gasteiger partial charge in [0.25, 0.3) is 5.91 Å². The highest BCUT2D eigenvalue weighted by Gasteiger charge is 2.24. The first-order valence-electron chi connectivity index (χ1n) is 9.09. The molecule has 0 aliphatic carbocycles. The largest absolute Gasteiger partial charge is 0.368 e. The molecule has 0 spiro atoms. The fourth-order valence-electron chi connectivity index (χ4n) is 3.36. The van der Waals surface area contributed by atoms with E-state index >= 15 is 0 Å². The Hall–Kier alpha value is -2.67. The third-order valence-electron chi connectivity index (χ3n) is 4.81. The Labute approximate surface area is 153 Å². The molecular weight excluding hydrogens is 330 g/mol. The molecule has 1 aromatic carbocycles. The zero-order valence-electron chi connectivity index (χ0n) is 14.7. The first-order chi connectivity index (χ1) is 12.8. The van der Waals surface area contributed by atoms with Crippen LogP contribution in [0.1, 0.15) is 12.8 Å². The number of amides is 1. The Balaban J connectivity index is 1.32. The van der Waals surface area contributed by atoms with Crippen molar-refractivity contribution < 1.29 is 9.53 Å². The van der Waals surface area contributed by atoms with Gasteiger partial charge in [0.1, 0.15) is 6.10 Å². The molecule has 0 bridgehead atoms. The van der Waals surface area contributed by atoms with Crippen molar-refractivity contribution in [2.24, 2.45) is 0 Å². The fourth-order valence-corrected chi connectivity index (χ4v) is 3.36. The van der Waals surface area contributed by atoms with Crippen molar-refractivity contribution in [3.05, 3.63) is 42.7 Å². The van der Waals surface area contributed by atoms with E-state index in [-0.39, 0.29) is 12.0 Å². The van der Waals surface area contributed by atoms with Crippen molar-refractivity contribution in [3.8, 4) is 0 Å². The summed E-state index contributed by atoms with van der Waals surface area (Å²) in [5, 5.41) is 2.83. The first kappa shape index (κ1) is 16.8. The van der Waals surface area contributed by atoms with Gasteiger partial charge in [-0.25, -0.2) is 9.97 Å². The van der Waals surface area contributed by atoms with E-state index in [1.165, 1.54) is 5.69 Å². The highest BCUT2D eigenvalue weighted by Crippen LogP contribution is 2.19. The minimum absolute atomic E-state index is 0.115. The number of carbonyl (C=O) groups is 1. The molecule has 0 radical (unpaired) electrons. The smallest absolute Gasteiger partial charge is 0.253 e. The molecule has 1 atom stereocenters. The molecule has 1 N–H and O–H groups in total. The molecule has 0 saturated carbocycles. The predicted octanol–water partition coefficient (Wildman–Crippen LogP) is 1.92. The Kier molecular flexibility index (Phi) is 4.97. The summed E-state index contributed by atoms with van der Waals surface area (Å²) in [5.41, 5.74) is 1.86. The minimum atomic E-state index is -0.347. The van der Waals surface area contributed by atoms with Crippen molar-refractivity contribution in [3.63, 3.8) is 0 Å². The number of anilines is 3. The number of nitrogens with zero attached hydrogens (tertiary/aromatic N) is 4. The van der Waals surface area contributed by atoms with Gasteiger partial charge in [-0.05, 0) is 25.0 Å². The van der Waals surface area contributed by atoms with E-state index in [4.69, 9.17) is 4.74 Å². The maximum atomic E-state index is 12.1. The van der Waals surface area contributed by atoms with Gasteiger partial charge in [0, 0.05) is 38.5 Å². The van der Waals surface area contributed by atoms with E-state index in [1.807, 2.05) is 6.07 Å². The van der Waals surface area contributed by atoms with E-state index < -0.39 is 0 Å². The van der Waals surface area contributed by atoms with Gasteiger partial charge in [-0.3, -0.25) is 4.79 Å². The summed E-state index contributed by atoms with van der Waals surface area (Å²) < 4.78 is 5.39. The lowest BCUT2D eigenvalue weighted by atomic mass is 10.2. The molecule has 26 heavy (non-hydrogen) atoms. The summed E-state index contributed by atoms with van der Waals surface area (Å²) in [6.45, 7) is 4.27. The maximum Gasteiger partial charge on any atom is 0.253 e. The van der Waals surface area contributed by atoms with E-state index in [1.54, 1.807) is 12.4 Å². The molecule has 2 aromatic rings. The zero-order valence-corrected chi connectivity index (χ0v) is 14.7. The van der Waals surface area contributed by atoms with Gasteiger partial charge in [0.15, 0.2) is 0 Å². The maximum absolute atomic E-state index is 12.1. The van der Waals surface area contributed by atoms with E-state index in [9.17, 15) is 4.79 Å². The lowest BCUT2D eigenvalue weighted by Gasteiger charge is -2.36. The van der Waals surface area contributed by atoms with Crippen LogP contribution >= 0.6 is 0 Å². The Morgan fingerprint density at radius 3 is 2.38 bits per heavy atom. The third kappa shape index (κ3) is 3.77. The van der Waals surface area contributed by atoms with E-state index in [0.29, 0.717) is 18.2 Å². The second kappa shape index (κ2) is 7.70. The normalized spacial score (nSPS) is 20.2. The Morgan fingerprint density at radius 1 is 1.04 bits per heavy atom. The molecule has 2 fully saturated rings. The summed E-state index contributed by atoms with van der Waals surface area (Å²) >= 11 is 0. The van der Waals surface area contributed by atoms with Gasteiger partial charge in [0.05, 0.1) is 18.1 Å². The van der Waals surface area contributed by atoms with E-state index in [0.717, 1.165) is 39.0 Å². The number of rotatable bonds is 4. The monoisotopic (exact) mass is 353 g/mol. The number of hydrogen-bond donors (Lipinski definition) is 1. The van der Waals surface area contributed by atoms with Crippen LogP contribution < -0.4 is 15.1 Å². The van der Waals surface area contributed by atoms with Crippen molar-refractivity contribution in [1.82, 2.24) is 9.97 Å². The lowest BCUT2D eigenvalue weighted by molar-refractivity contribution is -0.124. The van der Waals surface area contributed by atoms with Crippen molar-refractivity contribution in [2.45, 2.75) is 18.9 Å². The summed E-state index contributed by atoms with van der Waals surface area (Å²) in [4.78, 5) is 25.4. The van der Waals surface area contributed by atoms with Crippen LogP contribution in [-0.4, -0.2) is 54.8 Å². The van der Waals surface area contributed by atoms with Gasteiger partial charge in [-0.1, -0.05) is 18.2 Å². The lowest BCUT2D eigenvalue weighted by Crippen LogP contribution is -2.47. The van der Waals surface area contributed by atoms with Gasteiger partial charge in [0.2, 0.25) is 5.95 Å². The number of benzene rings is 1. The number of nitrogens with one attached hydrogen (secondary N) is 1. The van der Waals surface area contributed by atoms with Crippen LogP contribution in [0, 0.1) is 0 Å². The molecule has 2 saturated heterocycles. The standard InChI is InChI=1S/C19H23N5O2/c25-18(17-7-4-12-26-17)22-15-13-20-19(21-14-15)24-10-8-23(9-11-24)16-5-2-1-3-6-16/h1-3,5-6,13-14,17H,4,7-12H2,(H,22,25). The van der Waals surface area contributed by atoms with Crippen molar-refractivity contribution in [1.29, 1.82) is 0 Å². The molecule has 1 unspecified atom stereocenters. The van der Waals surface area contributed by atoms with Crippen molar-refractivity contribution in [2.75, 3.05) is 47.9 Å². The fraction of sp³-hybridized carbons (Fsp3) is 0.421. The van der Waals surface area contributed by atoms with Crippen LogP contribution in [0.15, 0.2) is 42.7 Å². The molecule has 7 heteroatoms. The van der Waals surface area contributed by atoms with Crippen LogP contribution in [0.5, 0.6) is 0 Å². The predicted molar refractivity (Wildman–Crippen MR) is 101 cm³/mol. The first-order valence-corrected chi connectivity index (χ1v) is 9.09. The quantitative estimate of drug-likeness (QED) is 0.906. The Morgan fingerprint density at radius 2 is 1.73 bits per heavy atom. The molecule has 3 heterocycles. The summed E-state index contributed by atoms with van der Waals surface area (Å²) in [6, 6.07) is 10.4. The second-order valence-corrected chi connectivity index (χ2v) is 6.57. The number of ether oxygens (including phenoxy) is 1. The van der Waals surface area contributed by atoms with Gasteiger partial charge < -0.3 is 19.9 Å². The highest BCUT2D eigenvalue weighted by molar-refractivity contribution is 5.94. The molecule has 1 amide bonds. The van der Waals surface area contributed by atoms with Gasteiger partial charge >= 0.3 is 0 Å². The van der Waals surface area contributed by atoms with Crippen LogP contribution in [0.2, 0.25) is 0 Å². The molecule has 136 valence electrons. The van der Waals surface area contributed by atoms with Gasteiger partial charge in [-0.15, -0.1) is 0 Å². The number of hydrogen-bond acceptors (Lipinski definition) is 6. The average Bonchev–Trinajstić information content (AvgIpc) is 3.25. The van der Waals surface area contributed by atoms with Crippen LogP contribution in [-0.2, 0) is 9.53 Å². The molecule has 2 aliphatic heterocycles. The SMILES string of the molecule is O=C(Nc1cnc(N2CCN(c3ccccc3)CC2)nc1)C1CCCO1. The second-order valence-electron chi connectivity index (χ2n) is 6.57. The topological polar surface area (TPSA) is 70.6 Å². The van der Waals surface area contributed by atoms with Crippen LogP contribution in [0.25, 0.3) is 0 Å². The van der Waals surface area contributed by atoms with E-state index in [2.05, 4.69) is 49.4 Å². The minimum Gasteiger partial charge on any atom is -0.368 e. The summed E-state index contributed by atoms with van der Waals surface area (Å²) in [6.07, 6.45) is 4.69. The number of carbonyl (C=O) groups excluding carboxylic acids is 1. The average molecular weight is 353 g/mol.